The number of fused-ring (bicyclic) bond motifs is 1. The molecule has 2 aromatic heterocycles. The summed E-state index contributed by atoms with van der Waals surface area (Å²) in [5.74, 6) is 0.230. The topological polar surface area (TPSA) is 103 Å². The minimum atomic E-state index is -4.59. The molecule has 0 spiro atoms. The van der Waals surface area contributed by atoms with Gasteiger partial charge in [0.05, 0.1) is 28.8 Å². The van der Waals surface area contributed by atoms with Gasteiger partial charge in [0.15, 0.2) is 5.82 Å². The van der Waals surface area contributed by atoms with Crippen molar-refractivity contribution < 1.29 is 30.8 Å². The van der Waals surface area contributed by atoms with E-state index in [4.69, 9.17) is 4.74 Å². The number of alkyl halides is 3. The van der Waals surface area contributed by atoms with E-state index in [1.54, 1.807) is 0 Å². The number of ether oxygens (including phenoxy) is 1. The second-order valence-corrected chi connectivity index (χ2v) is 9.83. The van der Waals surface area contributed by atoms with E-state index in [0.717, 1.165) is 6.07 Å². The van der Waals surface area contributed by atoms with Gasteiger partial charge in [-0.25, -0.2) is 8.42 Å². The molecule has 194 valence electrons. The first-order chi connectivity index (χ1) is 18.1. The maximum Gasteiger partial charge on any atom is 0.417 e. The lowest BCUT2D eigenvalue weighted by molar-refractivity contribution is -0.137. The Bertz CT molecular complexity index is 1810. The van der Waals surface area contributed by atoms with Crippen LogP contribution in [0.5, 0.6) is 5.75 Å². The van der Waals surface area contributed by atoms with Crippen LogP contribution in [0, 0.1) is 0 Å². The molecular weight excluding hydrogens is 523 g/mol. The molecule has 1 N–H and O–H groups in total. The fraction of sp³-hybridized carbons (Fsp3) is 0.0769. The van der Waals surface area contributed by atoms with Gasteiger partial charge in [-0.05, 0) is 53.6 Å². The highest BCUT2D eigenvalue weighted by molar-refractivity contribution is 7.92. The number of pyridine rings is 1. The summed E-state index contributed by atoms with van der Waals surface area (Å²) in [6, 6.07) is 17.6. The van der Waals surface area contributed by atoms with Crippen LogP contribution in [0.3, 0.4) is 0 Å². The highest BCUT2D eigenvalue weighted by Gasteiger charge is 2.33. The van der Waals surface area contributed by atoms with Crippen molar-refractivity contribution in [1.29, 1.82) is 0 Å². The quantitative estimate of drug-likeness (QED) is 0.306. The SMILES string of the molecule is COc1ccc(-c2ccccc2C(F)(F)F)cc1-n1c(=O)ccc2cc(S(=O)(=O)Nc3ccon3)ccc21. The number of hydrogen-bond donors (Lipinski definition) is 1. The van der Waals surface area contributed by atoms with Crippen LogP contribution in [0.4, 0.5) is 19.0 Å². The van der Waals surface area contributed by atoms with E-state index in [9.17, 15) is 26.4 Å². The second kappa shape index (κ2) is 9.38. The van der Waals surface area contributed by atoms with Gasteiger partial charge in [0.25, 0.3) is 15.6 Å². The third kappa shape index (κ3) is 4.61. The zero-order chi connectivity index (χ0) is 27.1. The minimum absolute atomic E-state index is 0.00393. The summed E-state index contributed by atoms with van der Waals surface area (Å²) in [6.45, 7) is 0. The zero-order valence-corrected chi connectivity index (χ0v) is 20.4. The first-order valence-corrected chi connectivity index (χ1v) is 12.5. The van der Waals surface area contributed by atoms with Gasteiger partial charge in [0, 0.05) is 17.5 Å². The molecule has 0 bridgehead atoms. The summed E-state index contributed by atoms with van der Waals surface area (Å²) in [5, 5.41) is 3.92. The minimum Gasteiger partial charge on any atom is -0.495 e. The molecule has 0 aliphatic rings. The molecular formula is C26H18F3N3O5S. The Morgan fingerprint density at radius 3 is 2.47 bits per heavy atom. The molecule has 0 aliphatic carbocycles. The summed E-state index contributed by atoms with van der Waals surface area (Å²) in [6.07, 6.45) is -3.37. The normalized spacial score (nSPS) is 12.0. The maximum absolute atomic E-state index is 13.7. The van der Waals surface area contributed by atoms with Crippen molar-refractivity contribution in [2.24, 2.45) is 0 Å². The first kappa shape index (κ1) is 25.1. The Hall–Kier alpha value is -4.58. The number of hydrogen-bond acceptors (Lipinski definition) is 6. The first-order valence-electron chi connectivity index (χ1n) is 11.0. The number of halogens is 3. The maximum atomic E-state index is 13.7. The van der Waals surface area contributed by atoms with E-state index >= 15 is 0 Å². The van der Waals surface area contributed by atoms with E-state index in [2.05, 4.69) is 14.4 Å². The van der Waals surface area contributed by atoms with E-state index in [0.29, 0.717) is 10.9 Å². The standard InChI is InChI=1S/C26H18F3N3O5S/c1-36-23-10-6-16(19-4-2-3-5-20(19)26(27,28)29)15-22(23)32-21-9-8-18(14-17(21)7-11-25(32)33)38(34,35)31-24-12-13-37-30-24/h2-15H,1H3,(H,30,31). The lowest BCUT2D eigenvalue weighted by Crippen LogP contribution is -2.19. The van der Waals surface area contributed by atoms with Crippen LogP contribution in [0.15, 0.2) is 99.3 Å². The fourth-order valence-corrected chi connectivity index (χ4v) is 5.14. The van der Waals surface area contributed by atoms with Gasteiger partial charge in [0.1, 0.15) is 12.0 Å². The monoisotopic (exact) mass is 541 g/mol. The molecule has 0 unspecified atom stereocenters. The van der Waals surface area contributed by atoms with Gasteiger partial charge in [-0.1, -0.05) is 29.4 Å². The molecule has 0 atom stereocenters. The Labute approximate surface area is 213 Å². The van der Waals surface area contributed by atoms with Gasteiger partial charge in [-0.3, -0.25) is 14.1 Å². The lowest BCUT2D eigenvalue weighted by Gasteiger charge is -2.17. The smallest absolute Gasteiger partial charge is 0.417 e. The fourth-order valence-electron chi connectivity index (χ4n) is 4.12. The molecule has 0 fully saturated rings. The number of rotatable bonds is 6. The van der Waals surface area contributed by atoms with Crippen molar-refractivity contribution in [2.45, 2.75) is 11.1 Å². The number of anilines is 1. The van der Waals surface area contributed by atoms with Crippen molar-refractivity contribution in [3.8, 4) is 22.6 Å². The predicted octanol–water partition coefficient (Wildman–Crippen LogP) is 5.47. The average molecular weight is 542 g/mol. The van der Waals surface area contributed by atoms with Crippen molar-refractivity contribution in [2.75, 3.05) is 11.8 Å². The molecule has 0 aliphatic heterocycles. The van der Waals surface area contributed by atoms with Gasteiger partial charge in [-0.15, -0.1) is 0 Å². The van der Waals surface area contributed by atoms with Gasteiger partial charge >= 0.3 is 6.18 Å². The van der Waals surface area contributed by atoms with Gasteiger partial charge < -0.3 is 9.26 Å². The summed E-state index contributed by atoms with van der Waals surface area (Å²) < 4.78 is 80.3. The Kier molecular flexibility index (Phi) is 6.19. The Balaban J connectivity index is 1.68. The molecule has 5 rings (SSSR count). The van der Waals surface area contributed by atoms with E-state index < -0.39 is 27.3 Å². The van der Waals surface area contributed by atoms with Crippen LogP contribution in [0.25, 0.3) is 27.7 Å². The molecule has 0 amide bonds. The number of aromatic nitrogens is 2. The van der Waals surface area contributed by atoms with Crippen LogP contribution in [0.1, 0.15) is 5.56 Å². The molecule has 3 aromatic carbocycles. The molecule has 8 nitrogen and oxygen atoms in total. The number of methoxy groups -OCH3 is 1. The van der Waals surface area contributed by atoms with E-state index in [-0.39, 0.29) is 33.3 Å². The number of nitrogens with zero attached hydrogens (tertiary/aromatic N) is 2. The van der Waals surface area contributed by atoms with E-state index in [1.165, 1.54) is 90.7 Å². The second-order valence-electron chi connectivity index (χ2n) is 8.15. The number of benzene rings is 3. The Morgan fingerprint density at radius 2 is 1.76 bits per heavy atom. The van der Waals surface area contributed by atoms with Crippen molar-refractivity contribution in [3.05, 3.63) is 101 Å². The lowest BCUT2D eigenvalue weighted by atomic mass is 9.98. The van der Waals surface area contributed by atoms with Crippen molar-refractivity contribution in [3.63, 3.8) is 0 Å². The molecule has 0 saturated carbocycles. The van der Waals surface area contributed by atoms with Crippen LogP contribution < -0.4 is 15.0 Å². The highest BCUT2D eigenvalue weighted by atomic mass is 32.2. The molecule has 38 heavy (non-hydrogen) atoms. The van der Waals surface area contributed by atoms with Gasteiger partial charge in [0.2, 0.25) is 0 Å². The third-order valence-electron chi connectivity index (χ3n) is 5.82. The third-order valence-corrected chi connectivity index (χ3v) is 7.17. The van der Waals surface area contributed by atoms with Crippen LogP contribution in [-0.4, -0.2) is 25.3 Å². The molecule has 2 heterocycles. The zero-order valence-electron chi connectivity index (χ0n) is 19.6. The van der Waals surface area contributed by atoms with Crippen LogP contribution in [0.2, 0.25) is 0 Å². The van der Waals surface area contributed by atoms with E-state index in [1.807, 2.05) is 0 Å². The molecule has 5 aromatic rings. The molecule has 0 saturated heterocycles. The largest absolute Gasteiger partial charge is 0.495 e. The average Bonchev–Trinajstić information content (AvgIpc) is 3.40. The molecule has 0 radical (unpaired) electrons. The predicted molar refractivity (Wildman–Crippen MR) is 134 cm³/mol. The van der Waals surface area contributed by atoms with Gasteiger partial charge in [-0.2, -0.15) is 13.2 Å². The van der Waals surface area contributed by atoms with Crippen LogP contribution >= 0.6 is 0 Å². The summed E-state index contributed by atoms with van der Waals surface area (Å²) >= 11 is 0. The van der Waals surface area contributed by atoms with Crippen LogP contribution in [-0.2, 0) is 16.2 Å². The summed E-state index contributed by atoms with van der Waals surface area (Å²) in [4.78, 5) is 12.9. The number of nitrogens with one attached hydrogen (secondary N) is 1. The summed E-state index contributed by atoms with van der Waals surface area (Å²) in [7, 11) is -2.65. The summed E-state index contributed by atoms with van der Waals surface area (Å²) in [5.41, 5.74) is -0.659. The van der Waals surface area contributed by atoms with Crippen molar-refractivity contribution >= 4 is 26.7 Å². The highest BCUT2D eigenvalue weighted by Crippen LogP contribution is 2.39. The van der Waals surface area contributed by atoms with Crippen molar-refractivity contribution in [1.82, 2.24) is 9.72 Å². The Morgan fingerprint density at radius 1 is 0.974 bits per heavy atom. The molecule has 12 heteroatoms. The number of sulfonamides is 1.